The molecule has 1 rings (SSSR count). The van der Waals surface area contributed by atoms with Gasteiger partial charge in [-0.15, -0.1) is 0 Å². The Bertz CT molecular complexity index is 486. The van der Waals surface area contributed by atoms with Gasteiger partial charge in [-0.25, -0.2) is 0 Å². The van der Waals surface area contributed by atoms with Crippen LogP contribution in [0.15, 0.2) is 24.3 Å². The van der Waals surface area contributed by atoms with Crippen molar-refractivity contribution in [3.05, 3.63) is 24.3 Å². The SMILES string of the molecule is CO[C@](C)(CC(C)C)C(=O)Nc1ccc(OCCN(C)C)cc1. The maximum absolute atomic E-state index is 12.5. The van der Waals surface area contributed by atoms with Gasteiger partial charge in [0.1, 0.15) is 18.0 Å². The Kier molecular flexibility index (Phi) is 7.52. The number of benzene rings is 1. The van der Waals surface area contributed by atoms with Crippen LogP contribution >= 0.6 is 0 Å². The van der Waals surface area contributed by atoms with Gasteiger partial charge >= 0.3 is 0 Å². The average molecular weight is 322 g/mol. The Balaban J connectivity index is 2.61. The van der Waals surface area contributed by atoms with E-state index in [2.05, 4.69) is 24.1 Å². The van der Waals surface area contributed by atoms with E-state index < -0.39 is 5.60 Å². The van der Waals surface area contributed by atoms with Gasteiger partial charge in [0.05, 0.1) is 0 Å². The molecule has 0 unspecified atom stereocenters. The van der Waals surface area contributed by atoms with Crippen LogP contribution in [0.25, 0.3) is 0 Å². The second-order valence-electron chi connectivity index (χ2n) is 6.66. The highest BCUT2D eigenvalue weighted by Crippen LogP contribution is 2.23. The molecule has 1 aromatic rings. The Morgan fingerprint density at radius 2 is 1.87 bits per heavy atom. The van der Waals surface area contributed by atoms with Crippen molar-refractivity contribution in [2.24, 2.45) is 5.92 Å². The molecular formula is C18H30N2O3. The fraction of sp³-hybridized carbons (Fsp3) is 0.611. The predicted octanol–water partition coefficient (Wildman–Crippen LogP) is 3.02. The molecule has 5 heteroatoms. The van der Waals surface area contributed by atoms with Crippen molar-refractivity contribution in [3.63, 3.8) is 0 Å². The summed E-state index contributed by atoms with van der Waals surface area (Å²) in [6.07, 6.45) is 0.668. The van der Waals surface area contributed by atoms with Crippen LogP contribution in [0.3, 0.4) is 0 Å². The molecule has 0 bridgehead atoms. The van der Waals surface area contributed by atoms with Crippen LogP contribution < -0.4 is 10.1 Å². The summed E-state index contributed by atoms with van der Waals surface area (Å²) < 4.78 is 11.1. The molecule has 0 heterocycles. The summed E-state index contributed by atoms with van der Waals surface area (Å²) in [6, 6.07) is 7.40. The van der Waals surface area contributed by atoms with E-state index in [0.29, 0.717) is 18.9 Å². The Morgan fingerprint density at radius 3 is 2.35 bits per heavy atom. The van der Waals surface area contributed by atoms with Gasteiger partial charge in [0.15, 0.2) is 0 Å². The average Bonchev–Trinajstić information content (AvgIpc) is 2.47. The summed E-state index contributed by atoms with van der Waals surface area (Å²) in [7, 11) is 5.58. The molecule has 1 N–H and O–H groups in total. The minimum Gasteiger partial charge on any atom is -0.492 e. The lowest BCUT2D eigenvalue weighted by Gasteiger charge is -2.28. The van der Waals surface area contributed by atoms with Gasteiger partial charge < -0.3 is 19.7 Å². The Labute approximate surface area is 140 Å². The van der Waals surface area contributed by atoms with E-state index >= 15 is 0 Å². The highest BCUT2D eigenvalue weighted by molar-refractivity contribution is 5.97. The predicted molar refractivity (Wildman–Crippen MR) is 94.0 cm³/mol. The lowest BCUT2D eigenvalue weighted by molar-refractivity contribution is -0.137. The number of hydrogen-bond donors (Lipinski definition) is 1. The topological polar surface area (TPSA) is 50.8 Å². The first kappa shape index (κ1) is 19.5. The Morgan fingerprint density at radius 1 is 1.26 bits per heavy atom. The third kappa shape index (κ3) is 6.59. The highest BCUT2D eigenvalue weighted by atomic mass is 16.5. The number of likely N-dealkylation sites (N-methyl/N-ethyl adjacent to an activating group) is 1. The number of nitrogens with zero attached hydrogens (tertiary/aromatic N) is 1. The molecule has 0 saturated carbocycles. The standard InChI is InChI=1S/C18H30N2O3/c1-14(2)13-18(3,22-6)17(21)19-15-7-9-16(10-8-15)23-12-11-20(4)5/h7-10,14H,11-13H2,1-6H3,(H,19,21)/t18-/m1/s1. The monoisotopic (exact) mass is 322 g/mol. The quantitative estimate of drug-likeness (QED) is 0.759. The molecule has 0 aliphatic heterocycles. The third-order valence-corrected chi connectivity index (χ3v) is 3.65. The smallest absolute Gasteiger partial charge is 0.256 e. The van der Waals surface area contributed by atoms with E-state index in [1.807, 2.05) is 45.3 Å². The van der Waals surface area contributed by atoms with Crippen molar-refractivity contribution in [2.45, 2.75) is 32.8 Å². The molecule has 0 aliphatic rings. The van der Waals surface area contributed by atoms with Gasteiger partial charge in [-0.05, 0) is 57.6 Å². The fourth-order valence-corrected chi connectivity index (χ4v) is 2.29. The van der Waals surface area contributed by atoms with Gasteiger partial charge in [0.25, 0.3) is 5.91 Å². The van der Waals surface area contributed by atoms with Crippen LogP contribution in [0.4, 0.5) is 5.69 Å². The first-order chi connectivity index (χ1) is 10.8. The van der Waals surface area contributed by atoms with Crippen molar-refractivity contribution in [2.75, 3.05) is 39.7 Å². The van der Waals surface area contributed by atoms with Gasteiger partial charge in [-0.2, -0.15) is 0 Å². The van der Waals surface area contributed by atoms with Crippen molar-refractivity contribution in [3.8, 4) is 5.75 Å². The number of hydrogen-bond acceptors (Lipinski definition) is 4. The normalized spacial score (nSPS) is 13.9. The highest BCUT2D eigenvalue weighted by Gasteiger charge is 2.33. The number of ether oxygens (including phenoxy) is 2. The van der Waals surface area contributed by atoms with E-state index in [4.69, 9.17) is 9.47 Å². The Hall–Kier alpha value is -1.59. The van der Waals surface area contributed by atoms with Crippen LogP contribution in [0, 0.1) is 5.92 Å². The molecule has 130 valence electrons. The number of anilines is 1. The summed E-state index contributed by atoms with van der Waals surface area (Å²) in [5.74, 6) is 1.04. The van der Waals surface area contributed by atoms with Crippen molar-refractivity contribution in [1.82, 2.24) is 4.90 Å². The lowest BCUT2D eigenvalue weighted by atomic mass is 9.93. The fourth-order valence-electron chi connectivity index (χ4n) is 2.29. The summed E-state index contributed by atoms with van der Waals surface area (Å²) in [4.78, 5) is 14.5. The minimum atomic E-state index is -0.824. The van der Waals surface area contributed by atoms with Crippen LogP contribution in [0.1, 0.15) is 27.2 Å². The zero-order valence-electron chi connectivity index (χ0n) is 15.2. The van der Waals surface area contributed by atoms with E-state index in [-0.39, 0.29) is 5.91 Å². The molecule has 1 aromatic carbocycles. The van der Waals surface area contributed by atoms with Crippen LogP contribution in [-0.4, -0.2) is 50.8 Å². The number of carbonyl (C=O) groups is 1. The molecule has 0 fully saturated rings. The van der Waals surface area contributed by atoms with Crippen molar-refractivity contribution >= 4 is 11.6 Å². The lowest BCUT2D eigenvalue weighted by Crippen LogP contribution is -2.43. The molecule has 0 radical (unpaired) electrons. The number of rotatable bonds is 9. The molecule has 0 spiro atoms. The van der Waals surface area contributed by atoms with Gasteiger partial charge in [-0.1, -0.05) is 13.8 Å². The minimum absolute atomic E-state index is 0.130. The molecule has 23 heavy (non-hydrogen) atoms. The van der Waals surface area contributed by atoms with Crippen molar-refractivity contribution < 1.29 is 14.3 Å². The summed E-state index contributed by atoms with van der Waals surface area (Å²) in [5, 5.41) is 2.91. The second-order valence-corrected chi connectivity index (χ2v) is 6.66. The number of methoxy groups -OCH3 is 1. The molecule has 1 atom stereocenters. The molecule has 1 amide bonds. The van der Waals surface area contributed by atoms with E-state index in [1.165, 1.54) is 0 Å². The summed E-state index contributed by atoms with van der Waals surface area (Å²) >= 11 is 0. The van der Waals surface area contributed by atoms with Gasteiger partial charge in [0, 0.05) is 19.3 Å². The number of amides is 1. The van der Waals surface area contributed by atoms with Gasteiger partial charge in [-0.3, -0.25) is 4.79 Å². The molecule has 0 aromatic heterocycles. The first-order valence-corrected chi connectivity index (χ1v) is 8.01. The van der Waals surface area contributed by atoms with Gasteiger partial charge in [0.2, 0.25) is 0 Å². The zero-order valence-corrected chi connectivity index (χ0v) is 15.2. The molecular weight excluding hydrogens is 292 g/mol. The second kappa shape index (κ2) is 8.89. The van der Waals surface area contributed by atoms with E-state index in [0.717, 1.165) is 18.0 Å². The van der Waals surface area contributed by atoms with Crippen molar-refractivity contribution in [1.29, 1.82) is 0 Å². The van der Waals surface area contributed by atoms with Crippen LogP contribution in [0.2, 0.25) is 0 Å². The number of carbonyl (C=O) groups excluding carboxylic acids is 1. The summed E-state index contributed by atoms with van der Waals surface area (Å²) in [6.45, 7) is 7.46. The largest absolute Gasteiger partial charge is 0.492 e. The zero-order chi connectivity index (χ0) is 17.5. The van der Waals surface area contributed by atoms with Crippen LogP contribution in [0.5, 0.6) is 5.75 Å². The maximum atomic E-state index is 12.5. The first-order valence-electron chi connectivity index (χ1n) is 8.01. The van der Waals surface area contributed by atoms with Crippen LogP contribution in [-0.2, 0) is 9.53 Å². The van der Waals surface area contributed by atoms with E-state index in [9.17, 15) is 4.79 Å². The number of nitrogens with one attached hydrogen (secondary N) is 1. The molecule has 0 aliphatic carbocycles. The third-order valence-electron chi connectivity index (χ3n) is 3.65. The maximum Gasteiger partial charge on any atom is 0.256 e. The molecule has 0 saturated heterocycles. The van der Waals surface area contributed by atoms with E-state index in [1.54, 1.807) is 7.11 Å². The molecule has 5 nitrogen and oxygen atoms in total. The summed E-state index contributed by atoms with van der Waals surface area (Å²) in [5.41, 5.74) is -0.0864.